The zero-order valence-electron chi connectivity index (χ0n) is 8.69. The largest absolute Gasteiger partial charge is 0.481 e. The van der Waals surface area contributed by atoms with Crippen molar-refractivity contribution in [1.82, 2.24) is 10.6 Å². The summed E-state index contributed by atoms with van der Waals surface area (Å²) >= 11 is 1.75. The molecular weight excluding hydrogens is 232 g/mol. The highest BCUT2D eigenvalue weighted by atomic mass is 32.2. The van der Waals surface area contributed by atoms with Crippen LogP contribution in [0.4, 0.5) is 4.79 Å². The molecule has 1 heterocycles. The Bertz CT molecular complexity index is 289. The number of aliphatic carboxylic acids is 1. The van der Waals surface area contributed by atoms with Gasteiger partial charge in [0.15, 0.2) is 0 Å². The van der Waals surface area contributed by atoms with Gasteiger partial charge >= 0.3 is 12.0 Å². The van der Waals surface area contributed by atoms with Gasteiger partial charge in [0.1, 0.15) is 0 Å². The lowest BCUT2D eigenvalue weighted by molar-refractivity contribution is -0.138. The zero-order chi connectivity index (χ0) is 12.0. The lowest BCUT2D eigenvalue weighted by atomic mass is 10.3. The normalized spacial score (nSPS) is 19.1. The van der Waals surface area contributed by atoms with E-state index in [-0.39, 0.29) is 18.9 Å². The summed E-state index contributed by atoms with van der Waals surface area (Å²) in [6.07, 6.45) is 0.460. The third-order valence-electron chi connectivity index (χ3n) is 2.08. The molecule has 3 N–H and O–H groups in total. The van der Waals surface area contributed by atoms with Crippen LogP contribution in [0.3, 0.4) is 0 Å². The van der Waals surface area contributed by atoms with E-state index in [9.17, 15) is 14.4 Å². The molecule has 0 aliphatic carbocycles. The van der Waals surface area contributed by atoms with E-state index < -0.39 is 17.9 Å². The van der Waals surface area contributed by atoms with E-state index in [2.05, 4.69) is 10.6 Å². The molecule has 1 saturated heterocycles. The molecular formula is C9H14N2O4S. The highest BCUT2D eigenvalue weighted by Gasteiger charge is 2.18. The Morgan fingerprint density at radius 2 is 2.06 bits per heavy atom. The van der Waals surface area contributed by atoms with E-state index in [1.165, 1.54) is 0 Å². The number of hydrogen-bond donors (Lipinski definition) is 3. The molecule has 1 fully saturated rings. The van der Waals surface area contributed by atoms with Crippen molar-refractivity contribution >= 4 is 29.7 Å². The van der Waals surface area contributed by atoms with Crippen molar-refractivity contribution in [2.75, 3.05) is 11.5 Å². The summed E-state index contributed by atoms with van der Waals surface area (Å²) in [5, 5.41) is 13.1. The fourth-order valence-electron chi connectivity index (χ4n) is 1.28. The van der Waals surface area contributed by atoms with Crippen LogP contribution in [0.1, 0.15) is 19.3 Å². The Labute approximate surface area is 97.2 Å². The zero-order valence-corrected chi connectivity index (χ0v) is 9.51. The van der Waals surface area contributed by atoms with Crippen LogP contribution < -0.4 is 10.6 Å². The first-order valence-electron chi connectivity index (χ1n) is 4.98. The number of thioether (sulfide) groups is 1. The molecule has 0 radical (unpaired) electrons. The van der Waals surface area contributed by atoms with E-state index >= 15 is 0 Å². The van der Waals surface area contributed by atoms with Crippen LogP contribution in [0.2, 0.25) is 0 Å². The summed E-state index contributed by atoms with van der Waals surface area (Å²) in [6, 6.07) is -0.430. The first-order chi connectivity index (χ1) is 7.58. The molecule has 1 unspecified atom stereocenters. The number of amides is 3. The van der Waals surface area contributed by atoms with Crippen LogP contribution >= 0.6 is 11.8 Å². The van der Waals surface area contributed by atoms with Crippen molar-refractivity contribution in [3.8, 4) is 0 Å². The smallest absolute Gasteiger partial charge is 0.321 e. The Morgan fingerprint density at radius 1 is 1.31 bits per heavy atom. The monoisotopic (exact) mass is 246 g/mol. The minimum absolute atomic E-state index is 0.109. The van der Waals surface area contributed by atoms with Gasteiger partial charge in [0.05, 0.1) is 6.42 Å². The molecule has 3 amide bonds. The second kappa shape index (κ2) is 6.37. The minimum atomic E-state index is -1.05. The van der Waals surface area contributed by atoms with Gasteiger partial charge in [-0.2, -0.15) is 11.8 Å². The van der Waals surface area contributed by atoms with E-state index in [0.29, 0.717) is 0 Å². The molecule has 0 aromatic heterocycles. The number of carboxylic acid groups (broad SMARTS) is 1. The number of hydrogen-bond acceptors (Lipinski definition) is 4. The molecule has 1 aliphatic heterocycles. The average Bonchev–Trinajstić information content (AvgIpc) is 2.67. The van der Waals surface area contributed by atoms with Crippen molar-refractivity contribution in [2.45, 2.75) is 25.3 Å². The fourth-order valence-corrected chi connectivity index (χ4v) is 2.43. The summed E-state index contributed by atoms with van der Waals surface area (Å²) < 4.78 is 0. The number of carbonyl (C=O) groups is 3. The fraction of sp³-hybridized carbons (Fsp3) is 0.667. The van der Waals surface area contributed by atoms with Gasteiger partial charge in [-0.3, -0.25) is 14.9 Å². The SMILES string of the molecule is O=C(O)CCC(=O)NC(=O)NC1CCSC1. The standard InChI is InChI=1S/C9H14N2O4S/c12-7(1-2-8(13)14)11-9(15)10-6-3-4-16-5-6/h6H,1-5H2,(H,13,14)(H2,10,11,12,15). The van der Waals surface area contributed by atoms with Gasteiger partial charge in [-0.1, -0.05) is 0 Å². The summed E-state index contributed by atoms with van der Waals surface area (Å²) in [6.45, 7) is 0. The van der Waals surface area contributed by atoms with Crippen molar-refractivity contribution < 1.29 is 19.5 Å². The maximum atomic E-state index is 11.3. The van der Waals surface area contributed by atoms with E-state index in [1.54, 1.807) is 11.8 Å². The molecule has 0 aromatic carbocycles. The molecule has 0 aromatic rings. The molecule has 0 saturated carbocycles. The molecule has 6 nitrogen and oxygen atoms in total. The van der Waals surface area contributed by atoms with Gasteiger partial charge in [0, 0.05) is 18.2 Å². The van der Waals surface area contributed by atoms with Crippen molar-refractivity contribution in [1.29, 1.82) is 0 Å². The predicted molar refractivity (Wildman–Crippen MR) is 59.3 cm³/mol. The predicted octanol–water partition coefficient (Wildman–Crippen LogP) is 0.183. The number of rotatable bonds is 4. The molecule has 1 atom stereocenters. The number of urea groups is 1. The van der Waals surface area contributed by atoms with Gasteiger partial charge in [0.2, 0.25) is 5.91 Å². The van der Waals surface area contributed by atoms with Crippen LogP contribution in [-0.4, -0.2) is 40.6 Å². The topological polar surface area (TPSA) is 95.5 Å². The van der Waals surface area contributed by atoms with E-state index in [4.69, 9.17) is 5.11 Å². The van der Waals surface area contributed by atoms with Crippen LogP contribution in [0.25, 0.3) is 0 Å². The maximum Gasteiger partial charge on any atom is 0.321 e. The molecule has 7 heteroatoms. The first-order valence-corrected chi connectivity index (χ1v) is 6.13. The summed E-state index contributed by atoms with van der Waals surface area (Å²) in [7, 11) is 0. The minimum Gasteiger partial charge on any atom is -0.481 e. The van der Waals surface area contributed by atoms with Crippen LogP contribution in [0, 0.1) is 0 Å². The van der Waals surface area contributed by atoms with Crippen LogP contribution in [-0.2, 0) is 9.59 Å². The second-order valence-corrected chi connectivity index (χ2v) is 4.63. The van der Waals surface area contributed by atoms with Gasteiger partial charge < -0.3 is 10.4 Å². The molecule has 16 heavy (non-hydrogen) atoms. The van der Waals surface area contributed by atoms with Crippen molar-refractivity contribution in [3.63, 3.8) is 0 Å². The average molecular weight is 246 g/mol. The maximum absolute atomic E-state index is 11.3. The number of nitrogens with one attached hydrogen (secondary N) is 2. The second-order valence-electron chi connectivity index (χ2n) is 3.48. The molecule has 1 rings (SSSR count). The third kappa shape index (κ3) is 5.01. The van der Waals surface area contributed by atoms with Crippen molar-refractivity contribution in [2.24, 2.45) is 0 Å². The Balaban J connectivity index is 2.17. The summed E-state index contributed by atoms with van der Waals surface area (Å²) in [5.74, 6) is 0.252. The van der Waals surface area contributed by atoms with E-state index in [0.717, 1.165) is 17.9 Å². The third-order valence-corrected chi connectivity index (χ3v) is 3.25. The van der Waals surface area contributed by atoms with Gasteiger partial charge in [0.25, 0.3) is 0 Å². The van der Waals surface area contributed by atoms with Gasteiger partial charge in [-0.15, -0.1) is 0 Å². The quantitative estimate of drug-likeness (QED) is 0.657. The van der Waals surface area contributed by atoms with Gasteiger partial charge in [-0.05, 0) is 12.2 Å². The van der Waals surface area contributed by atoms with Gasteiger partial charge in [-0.25, -0.2) is 4.79 Å². The Morgan fingerprint density at radius 3 is 2.62 bits per heavy atom. The number of carboxylic acids is 1. The van der Waals surface area contributed by atoms with E-state index in [1.807, 2.05) is 0 Å². The molecule has 0 bridgehead atoms. The summed E-state index contributed by atoms with van der Waals surface area (Å²) in [4.78, 5) is 32.5. The Kier molecular flexibility index (Phi) is 5.10. The molecule has 0 spiro atoms. The molecule has 90 valence electrons. The highest BCUT2D eigenvalue weighted by molar-refractivity contribution is 7.99. The summed E-state index contributed by atoms with van der Waals surface area (Å²) in [5.41, 5.74) is 0. The number of carbonyl (C=O) groups excluding carboxylic acids is 2. The lowest BCUT2D eigenvalue weighted by Gasteiger charge is -2.11. The highest BCUT2D eigenvalue weighted by Crippen LogP contribution is 2.16. The van der Waals surface area contributed by atoms with Crippen molar-refractivity contribution in [3.05, 3.63) is 0 Å². The molecule has 1 aliphatic rings. The first kappa shape index (κ1) is 12.8. The lowest BCUT2D eigenvalue weighted by Crippen LogP contribution is -2.44. The van der Waals surface area contributed by atoms with Crippen LogP contribution in [0.15, 0.2) is 0 Å². The van der Waals surface area contributed by atoms with Crippen LogP contribution in [0.5, 0.6) is 0 Å². The Hall–Kier alpha value is -1.24. The number of imide groups is 1.